The van der Waals surface area contributed by atoms with E-state index in [2.05, 4.69) is 38.4 Å². The average molecular weight is 275 g/mol. The summed E-state index contributed by atoms with van der Waals surface area (Å²) >= 11 is 1.72. The van der Waals surface area contributed by atoms with Crippen LogP contribution in [0.25, 0.3) is 11.2 Å². The first-order valence-corrected chi connectivity index (χ1v) is 7.33. The van der Waals surface area contributed by atoms with Gasteiger partial charge in [0, 0.05) is 13.6 Å². The van der Waals surface area contributed by atoms with Gasteiger partial charge in [-0.25, -0.2) is 4.98 Å². The number of rotatable bonds is 4. The summed E-state index contributed by atoms with van der Waals surface area (Å²) in [6.45, 7) is 2.92. The topological polar surface area (TPSA) is 61.7 Å². The molecule has 0 spiro atoms. The van der Waals surface area contributed by atoms with Crippen LogP contribution >= 0.6 is 11.3 Å². The number of hydrogen-bond acceptors (Lipinski definition) is 4. The second-order valence-corrected chi connectivity index (χ2v) is 5.38. The quantitative estimate of drug-likeness (QED) is 0.794. The Bertz CT molecular complexity index is 692. The maximum atomic E-state index is 6.04. The fraction of sp³-hybridized carbons (Fsp3) is 0.385. The third kappa shape index (κ3) is 2.02. The number of nitrogen functional groups attached to an aromatic ring is 1. The Kier molecular flexibility index (Phi) is 3.02. The molecule has 5 nitrogen and oxygen atoms in total. The van der Waals surface area contributed by atoms with Gasteiger partial charge in [-0.15, -0.1) is 0 Å². The van der Waals surface area contributed by atoms with Crippen LogP contribution in [0.2, 0.25) is 0 Å². The molecule has 0 amide bonds. The Balaban J connectivity index is 1.98. The second kappa shape index (κ2) is 4.70. The molecule has 0 saturated carbocycles. The van der Waals surface area contributed by atoms with Crippen molar-refractivity contribution in [3.8, 4) is 0 Å². The Morgan fingerprint density at radius 3 is 2.95 bits per heavy atom. The highest BCUT2D eigenvalue weighted by Crippen LogP contribution is 2.22. The number of thiophene rings is 1. The number of hydrogen-bond donors (Lipinski definition) is 1. The molecule has 0 aromatic carbocycles. The Labute approximate surface area is 115 Å². The highest BCUT2D eigenvalue weighted by atomic mass is 32.1. The number of nitrogens with two attached hydrogens (primary N) is 1. The lowest BCUT2D eigenvalue weighted by atomic mass is 10.2. The van der Waals surface area contributed by atoms with Crippen molar-refractivity contribution in [3.63, 3.8) is 0 Å². The molecule has 0 fully saturated rings. The van der Waals surface area contributed by atoms with Crippen molar-refractivity contribution >= 4 is 28.4 Å². The normalized spacial score (nSPS) is 11.5. The molecule has 2 N–H and O–H groups in total. The molecule has 19 heavy (non-hydrogen) atoms. The molecule has 0 atom stereocenters. The zero-order valence-electron chi connectivity index (χ0n) is 11.1. The van der Waals surface area contributed by atoms with Crippen molar-refractivity contribution < 1.29 is 0 Å². The average Bonchev–Trinajstić information content (AvgIpc) is 3.06. The van der Waals surface area contributed by atoms with Gasteiger partial charge in [0.05, 0.1) is 5.69 Å². The van der Waals surface area contributed by atoms with E-state index in [0.717, 1.165) is 36.2 Å². The van der Waals surface area contributed by atoms with Crippen LogP contribution in [0.15, 0.2) is 16.8 Å². The van der Waals surface area contributed by atoms with E-state index in [1.54, 1.807) is 11.3 Å². The molecule has 0 aliphatic carbocycles. The number of aryl methyl sites for hydroxylation is 4. The molecular weight excluding hydrogens is 258 g/mol. The lowest BCUT2D eigenvalue weighted by Gasteiger charge is -2.05. The summed E-state index contributed by atoms with van der Waals surface area (Å²) in [6.07, 6.45) is 1.84. The van der Waals surface area contributed by atoms with Crippen LogP contribution in [0.1, 0.15) is 18.2 Å². The van der Waals surface area contributed by atoms with Crippen molar-refractivity contribution in [2.75, 3.05) is 5.73 Å². The van der Waals surface area contributed by atoms with Crippen LogP contribution in [0.5, 0.6) is 0 Å². The summed E-state index contributed by atoms with van der Waals surface area (Å²) in [5.74, 6) is 0.577. The highest BCUT2D eigenvalue weighted by Gasteiger charge is 2.16. The van der Waals surface area contributed by atoms with Gasteiger partial charge in [0.1, 0.15) is 5.52 Å². The summed E-state index contributed by atoms with van der Waals surface area (Å²) < 4.78 is 3.93. The van der Waals surface area contributed by atoms with Crippen molar-refractivity contribution in [2.24, 2.45) is 7.05 Å². The number of imidazole rings is 1. The predicted molar refractivity (Wildman–Crippen MR) is 78.3 cm³/mol. The van der Waals surface area contributed by atoms with Crippen molar-refractivity contribution in [1.82, 2.24) is 19.3 Å². The van der Waals surface area contributed by atoms with Gasteiger partial charge in [-0.05, 0) is 35.2 Å². The molecule has 6 heteroatoms. The second-order valence-electron chi connectivity index (χ2n) is 4.60. The van der Waals surface area contributed by atoms with Crippen LogP contribution in [-0.4, -0.2) is 19.3 Å². The predicted octanol–water partition coefficient (Wildman–Crippen LogP) is 2.22. The number of fused-ring (bicyclic) bond motifs is 1. The third-order valence-electron chi connectivity index (χ3n) is 3.36. The zero-order chi connectivity index (χ0) is 13.4. The molecule has 0 radical (unpaired) electrons. The number of aromatic nitrogens is 4. The van der Waals surface area contributed by atoms with E-state index in [1.165, 1.54) is 5.56 Å². The van der Waals surface area contributed by atoms with E-state index in [-0.39, 0.29) is 0 Å². The fourth-order valence-corrected chi connectivity index (χ4v) is 3.10. The first-order valence-electron chi connectivity index (χ1n) is 6.39. The number of anilines is 1. The molecule has 3 aromatic heterocycles. The summed E-state index contributed by atoms with van der Waals surface area (Å²) in [4.78, 5) is 4.46. The molecule has 0 aliphatic rings. The SMILES string of the molecule is CCc1nn(C)c2c1nc(N)n2CCc1ccsc1. The minimum absolute atomic E-state index is 0.577. The molecule has 0 saturated heterocycles. The van der Waals surface area contributed by atoms with Crippen LogP contribution in [-0.2, 0) is 26.4 Å². The van der Waals surface area contributed by atoms with Gasteiger partial charge in [0.15, 0.2) is 5.65 Å². The lowest BCUT2D eigenvalue weighted by Crippen LogP contribution is -2.08. The van der Waals surface area contributed by atoms with Gasteiger partial charge in [0.25, 0.3) is 0 Å². The Morgan fingerprint density at radius 1 is 1.42 bits per heavy atom. The van der Waals surface area contributed by atoms with Gasteiger partial charge >= 0.3 is 0 Å². The van der Waals surface area contributed by atoms with Gasteiger partial charge in [-0.3, -0.25) is 9.25 Å². The first-order chi connectivity index (χ1) is 9.20. The maximum Gasteiger partial charge on any atom is 0.202 e. The lowest BCUT2D eigenvalue weighted by molar-refractivity contribution is 0.677. The van der Waals surface area contributed by atoms with Crippen LogP contribution in [0.3, 0.4) is 0 Å². The summed E-state index contributed by atoms with van der Waals surface area (Å²) in [5.41, 5.74) is 10.3. The van der Waals surface area contributed by atoms with E-state index in [1.807, 2.05) is 11.7 Å². The Morgan fingerprint density at radius 2 is 2.26 bits per heavy atom. The van der Waals surface area contributed by atoms with Crippen molar-refractivity contribution in [2.45, 2.75) is 26.3 Å². The van der Waals surface area contributed by atoms with E-state index < -0.39 is 0 Å². The molecule has 0 aliphatic heterocycles. The van der Waals surface area contributed by atoms with E-state index >= 15 is 0 Å². The van der Waals surface area contributed by atoms with E-state index in [9.17, 15) is 0 Å². The van der Waals surface area contributed by atoms with Crippen LogP contribution in [0.4, 0.5) is 5.95 Å². The highest BCUT2D eigenvalue weighted by molar-refractivity contribution is 7.07. The van der Waals surface area contributed by atoms with E-state index in [4.69, 9.17) is 5.73 Å². The van der Waals surface area contributed by atoms with Crippen molar-refractivity contribution in [1.29, 1.82) is 0 Å². The molecular formula is C13H17N5S. The smallest absolute Gasteiger partial charge is 0.202 e. The standard InChI is InChI=1S/C13H17N5S/c1-3-10-11-12(17(2)16-10)18(13(14)15-11)6-4-9-5-7-19-8-9/h5,7-8H,3-4,6H2,1-2H3,(H2,14,15). The van der Waals surface area contributed by atoms with Gasteiger partial charge in [-0.2, -0.15) is 16.4 Å². The molecule has 0 bridgehead atoms. The van der Waals surface area contributed by atoms with Gasteiger partial charge in [-0.1, -0.05) is 6.92 Å². The first kappa shape index (κ1) is 12.2. The molecule has 3 aromatic rings. The van der Waals surface area contributed by atoms with Gasteiger partial charge in [0.2, 0.25) is 5.95 Å². The largest absolute Gasteiger partial charge is 0.369 e. The minimum atomic E-state index is 0.577. The van der Waals surface area contributed by atoms with Crippen LogP contribution < -0.4 is 5.73 Å². The van der Waals surface area contributed by atoms with E-state index in [0.29, 0.717) is 5.95 Å². The molecule has 100 valence electrons. The summed E-state index contributed by atoms with van der Waals surface area (Å²) in [6, 6.07) is 2.15. The Hall–Kier alpha value is -1.82. The third-order valence-corrected chi connectivity index (χ3v) is 4.09. The monoisotopic (exact) mass is 275 g/mol. The molecule has 3 heterocycles. The van der Waals surface area contributed by atoms with Crippen LogP contribution in [0, 0.1) is 0 Å². The number of nitrogens with zero attached hydrogens (tertiary/aromatic N) is 4. The van der Waals surface area contributed by atoms with Crippen molar-refractivity contribution in [3.05, 3.63) is 28.1 Å². The molecule has 0 unspecified atom stereocenters. The van der Waals surface area contributed by atoms with Gasteiger partial charge < -0.3 is 5.73 Å². The maximum absolute atomic E-state index is 6.04. The zero-order valence-corrected chi connectivity index (χ0v) is 11.9. The minimum Gasteiger partial charge on any atom is -0.369 e. The fourth-order valence-electron chi connectivity index (χ4n) is 2.39. The summed E-state index contributed by atoms with van der Waals surface area (Å²) in [5, 5.41) is 8.77. The summed E-state index contributed by atoms with van der Waals surface area (Å²) in [7, 11) is 1.95. The molecule has 3 rings (SSSR count).